The van der Waals surface area contributed by atoms with Crippen LogP contribution in [-0.4, -0.2) is 39.0 Å². The molecule has 1 heterocycles. The van der Waals surface area contributed by atoms with E-state index >= 15 is 0 Å². The number of thioether (sulfide) groups is 1. The van der Waals surface area contributed by atoms with Crippen molar-refractivity contribution in [3.05, 3.63) is 12.4 Å². The molecule has 1 aromatic rings. The van der Waals surface area contributed by atoms with Crippen molar-refractivity contribution in [2.75, 3.05) is 13.2 Å². The van der Waals surface area contributed by atoms with Gasteiger partial charge in [0.1, 0.15) is 0 Å². The van der Waals surface area contributed by atoms with Gasteiger partial charge in [-0.15, -0.1) is 0 Å². The normalized spacial score (nSPS) is 28.4. The summed E-state index contributed by atoms with van der Waals surface area (Å²) in [5.41, 5.74) is -0.0709. The van der Waals surface area contributed by atoms with E-state index in [-0.39, 0.29) is 12.1 Å². The number of hydrogen-bond acceptors (Lipinski definition) is 4. The van der Waals surface area contributed by atoms with Crippen molar-refractivity contribution in [3.63, 3.8) is 0 Å². The highest BCUT2D eigenvalue weighted by molar-refractivity contribution is 7.99. The van der Waals surface area contributed by atoms with E-state index in [2.05, 4.69) is 22.2 Å². The lowest BCUT2D eigenvalue weighted by atomic mass is 9.82. The number of hydrogen-bond donors (Lipinski definition) is 3. The lowest BCUT2D eigenvalue weighted by Gasteiger charge is -2.40. The van der Waals surface area contributed by atoms with Gasteiger partial charge in [0, 0.05) is 23.2 Å². The van der Waals surface area contributed by atoms with Gasteiger partial charge >= 0.3 is 0 Å². The number of nitrogens with zero attached hydrogens (tertiary/aromatic N) is 1. The fraction of sp³-hybridized carbons (Fsp3) is 0.769. The van der Waals surface area contributed by atoms with Crippen LogP contribution in [0.5, 0.6) is 0 Å². The van der Waals surface area contributed by atoms with Crippen molar-refractivity contribution in [1.29, 1.82) is 0 Å². The first-order valence-corrected chi connectivity index (χ1v) is 7.68. The summed E-state index contributed by atoms with van der Waals surface area (Å²) in [6.07, 6.45) is 9.25. The van der Waals surface area contributed by atoms with E-state index in [1.54, 1.807) is 18.0 Å². The molecule has 0 aliphatic heterocycles. The maximum atomic E-state index is 9.72. The Hall–Kier alpha value is -0.520. The maximum Gasteiger partial charge on any atom is 0.165 e. The predicted octanol–water partition coefficient (Wildman–Crippen LogP) is 2.18. The van der Waals surface area contributed by atoms with Gasteiger partial charge in [-0.05, 0) is 32.2 Å². The number of aromatic amines is 1. The SMILES string of the molecule is CCCNC1(CO)CCCC(Sc2ncc[nH]2)C1. The lowest BCUT2D eigenvalue weighted by molar-refractivity contribution is 0.124. The zero-order valence-electron chi connectivity index (χ0n) is 11.0. The Morgan fingerprint density at radius 3 is 3.22 bits per heavy atom. The van der Waals surface area contributed by atoms with Crippen molar-refractivity contribution < 1.29 is 5.11 Å². The molecule has 0 aromatic carbocycles. The second kappa shape index (κ2) is 6.59. The summed E-state index contributed by atoms with van der Waals surface area (Å²) in [5.74, 6) is 0. The summed E-state index contributed by atoms with van der Waals surface area (Å²) < 4.78 is 0. The van der Waals surface area contributed by atoms with Gasteiger partial charge in [-0.2, -0.15) is 0 Å². The summed E-state index contributed by atoms with van der Waals surface area (Å²) in [6.45, 7) is 3.39. The van der Waals surface area contributed by atoms with Gasteiger partial charge < -0.3 is 15.4 Å². The molecule has 2 atom stereocenters. The fourth-order valence-electron chi connectivity index (χ4n) is 2.63. The van der Waals surface area contributed by atoms with Crippen LogP contribution in [0.1, 0.15) is 39.0 Å². The third kappa shape index (κ3) is 3.49. The molecule has 1 aliphatic rings. The lowest BCUT2D eigenvalue weighted by Crippen LogP contribution is -2.52. The molecule has 102 valence electrons. The largest absolute Gasteiger partial charge is 0.394 e. The van der Waals surface area contributed by atoms with Crippen LogP contribution in [0.15, 0.2) is 17.6 Å². The first-order chi connectivity index (χ1) is 8.78. The topological polar surface area (TPSA) is 60.9 Å². The number of aliphatic hydroxyl groups excluding tert-OH is 1. The predicted molar refractivity (Wildman–Crippen MR) is 74.8 cm³/mol. The smallest absolute Gasteiger partial charge is 0.165 e. The van der Waals surface area contributed by atoms with Crippen LogP contribution in [0.25, 0.3) is 0 Å². The van der Waals surface area contributed by atoms with Gasteiger partial charge in [0.2, 0.25) is 0 Å². The number of rotatable bonds is 6. The highest BCUT2D eigenvalue weighted by Crippen LogP contribution is 2.37. The quantitative estimate of drug-likeness (QED) is 0.741. The Balaban J connectivity index is 1.93. The Morgan fingerprint density at radius 1 is 1.67 bits per heavy atom. The van der Waals surface area contributed by atoms with E-state index in [4.69, 9.17) is 0 Å². The van der Waals surface area contributed by atoms with Gasteiger partial charge in [0.05, 0.1) is 6.61 Å². The number of nitrogens with one attached hydrogen (secondary N) is 2. The molecule has 0 amide bonds. The highest BCUT2D eigenvalue weighted by Gasteiger charge is 2.35. The molecule has 0 saturated heterocycles. The van der Waals surface area contributed by atoms with Crippen LogP contribution in [0.2, 0.25) is 0 Å². The third-order valence-electron chi connectivity index (χ3n) is 3.60. The zero-order valence-corrected chi connectivity index (χ0v) is 11.8. The molecule has 0 bridgehead atoms. The van der Waals surface area contributed by atoms with Crippen molar-refractivity contribution in [1.82, 2.24) is 15.3 Å². The molecule has 4 nitrogen and oxygen atoms in total. The maximum absolute atomic E-state index is 9.72. The average molecular weight is 269 g/mol. The van der Waals surface area contributed by atoms with E-state index in [9.17, 15) is 5.11 Å². The monoisotopic (exact) mass is 269 g/mol. The second-order valence-electron chi connectivity index (χ2n) is 5.10. The Bertz CT molecular complexity index is 344. The molecule has 18 heavy (non-hydrogen) atoms. The van der Waals surface area contributed by atoms with Gasteiger partial charge in [-0.3, -0.25) is 0 Å². The second-order valence-corrected chi connectivity index (χ2v) is 6.38. The number of aliphatic hydroxyl groups is 1. The van der Waals surface area contributed by atoms with Crippen LogP contribution >= 0.6 is 11.8 Å². The van der Waals surface area contributed by atoms with Crippen LogP contribution in [-0.2, 0) is 0 Å². The minimum atomic E-state index is -0.0709. The summed E-state index contributed by atoms with van der Waals surface area (Å²) in [6, 6.07) is 0. The molecule has 1 aromatic heterocycles. The summed E-state index contributed by atoms with van der Waals surface area (Å²) in [5, 5.41) is 14.8. The molecule has 2 rings (SSSR count). The minimum Gasteiger partial charge on any atom is -0.394 e. The van der Waals surface area contributed by atoms with Crippen LogP contribution in [0, 0.1) is 0 Å². The summed E-state index contributed by atoms with van der Waals surface area (Å²) >= 11 is 1.80. The molecular weight excluding hydrogens is 246 g/mol. The van der Waals surface area contributed by atoms with Crippen molar-refractivity contribution >= 4 is 11.8 Å². The summed E-state index contributed by atoms with van der Waals surface area (Å²) in [7, 11) is 0. The molecular formula is C13H23N3OS. The number of aromatic nitrogens is 2. The summed E-state index contributed by atoms with van der Waals surface area (Å²) in [4.78, 5) is 7.41. The van der Waals surface area contributed by atoms with Crippen LogP contribution < -0.4 is 5.32 Å². The first kappa shape index (κ1) is 13.9. The standard InChI is InChI=1S/C13H23N3OS/c1-2-6-16-13(10-17)5-3-4-11(9-13)18-12-14-7-8-15-12/h7-8,11,16-17H,2-6,9-10H2,1H3,(H,14,15). The Kier molecular flexibility index (Phi) is 5.09. The molecule has 5 heteroatoms. The van der Waals surface area contributed by atoms with Gasteiger partial charge in [0.25, 0.3) is 0 Å². The minimum absolute atomic E-state index is 0.0709. The van der Waals surface area contributed by atoms with E-state index in [0.29, 0.717) is 5.25 Å². The zero-order chi connectivity index (χ0) is 12.8. The molecule has 0 spiro atoms. The van der Waals surface area contributed by atoms with Gasteiger partial charge in [0.15, 0.2) is 5.16 Å². The van der Waals surface area contributed by atoms with E-state index in [1.165, 1.54) is 12.8 Å². The van der Waals surface area contributed by atoms with Crippen molar-refractivity contribution in [2.45, 2.75) is 55.0 Å². The molecule has 0 radical (unpaired) electrons. The van der Waals surface area contributed by atoms with E-state index in [1.807, 2.05) is 6.20 Å². The van der Waals surface area contributed by atoms with E-state index in [0.717, 1.165) is 31.0 Å². The molecule has 3 N–H and O–H groups in total. The van der Waals surface area contributed by atoms with Crippen molar-refractivity contribution in [3.8, 4) is 0 Å². The van der Waals surface area contributed by atoms with E-state index < -0.39 is 0 Å². The Labute approximate surface area is 113 Å². The molecule has 2 unspecified atom stereocenters. The van der Waals surface area contributed by atoms with Gasteiger partial charge in [-0.1, -0.05) is 25.1 Å². The highest BCUT2D eigenvalue weighted by atomic mass is 32.2. The number of imidazole rings is 1. The van der Waals surface area contributed by atoms with Gasteiger partial charge in [-0.25, -0.2) is 4.98 Å². The van der Waals surface area contributed by atoms with Crippen LogP contribution in [0.3, 0.4) is 0 Å². The molecule has 1 saturated carbocycles. The van der Waals surface area contributed by atoms with Crippen LogP contribution in [0.4, 0.5) is 0 Å². The fourth-order valence-corrected chi connectivity index (χ4v) is 3.89. The number of H-pyrrole nitrogens is 1. The third-order valence-corrected chi connectivity index (χ3v) is 4.79. The molecule has 1 aliphatic carbocycles. The van der Waals surface area contributed by atoms with Crippen molar-refractivity contribution in [2.24, 2.45) is 0 Å². The Morgan fingerprint density at radius 2 is 2.56 bits per heavy atom. The molecule has 1 fully saturated rings. The average Bonchev–Trinajstić information content (AvgIpc) is 2.90. The first-order valence-electron chi connectivity index (χ1n) is 6.80.